The van der Waals surface area contributed by atoms with Crippen LogP contribution in [-0.4, -0.2) is 47.5 Å². The molecule has 10 heteroatoms. The van der Waals surface area contributed by atoms with E-state index in [4.69, 9.17) is 9.40 Å². The van der Waals surface area contributed by atoms with Crippen molar-refractivity contribution in [3.05, 3.63) is 94.3 Å². The number of thiazole rings is 1. The fourth-order valence-corrected chi connectivity index (χ4v) is 5.84. The molecule has 1 amide bonds. The van der Waals surface area contributed by atoms with Crippen LogP contribution in [0.2, 0.25) is 0 Å². The highest BCUT2D eigenvalue weighted by molar-refractivity contribution is 7.09. The first-order valence-electron chi connectivity index (χ1n) is 12.9. The Hall–Kier alpha value is -4.31. The van der Waals surface area contributed by atoms with Gasteiger partial charge < -0.3 is 9.32 Å². The number of benzene rings is 1. The van der Waals surface area contributed by atoms with Gasteiger partial charge in [0.1, 0.15) is 17.0 Å². The van der Waals surface area contributed by atoms with Crippen LogP contribution in [0.15, 0.2) is 71.0 Å². The first-order chi connectivity index (χ1) is 19.0. The van der Waals surface area contributed by atoms with Crippen LogP contribution in [0.5, 0.6) is 0 Å². The predicted molar refractivity (Wildman–Crippen MR) is 147 cm³/mol. The second-order valence-electron chi connectivity index (χ2n) is 9.77. The van der Waals surface area contributed by atoms with Gasteiger partial charge in [-0.05, 0) is 43.9 Å². The zero-order valence-corrected chi connectivity index (χ0v) is 22.5. The first-order valence-corrected chi connectivity index (χ1v) is 13.8. The van der Waals surface area contributed by atoms with Crippen LogP contribution in [-0.2, 0) is 6.42 Å². The molecule has 0 aliphatic carbocycles. The van der Waals surface area contributed by atoms with Crippen LogP contribution in [0.3, 0.4) is 0 Å². The summed E-state index contributed by atoms with van der Waals surface area (Å²) in [6.07, 6.45) is 7.40. The molecule has 0 bridgehead atoms. The van der Waals surface area contributed by atoms with Crippen LogP contribution < -0.4 is 0 Å². The molecular weight excluding hydrogens is 510 g/mol. The largest absolute Gasteiger partial charge is 0.419 e. The van der Waals surface area contributed by atoms with E-state index in [-0.39, 0.29) is 23.8 Å². The summed E-state index contributed by atoms with van der Waals surface area (Å²) in [5, 5.41) is 11.6. The SMILES string of the molecule is Cc1csc(C2CCCN2C(=O)c2cc(-c3cncnc3)nc(-c3nnc(C(C)Cc4ccccc4)o3)c2)n1. The van der Waals surface area contributed by atoms with Crippen molar-refractivity contribution in [2.24, 2.45) is 0 Å². The normalized spacial score (nSPS) is 15.9. The van der Waals surface area contributed by atoms with Crippen molar-refractivity contribution in [1.82, 2.24) is 35.0 Å². The van der Waals surface area contributed by atoms with Gasteiger partial charge in [-0.15, -0.1) is 21.5 Å². The number of carbonyl (C=O) groups is 1. The molecule has 0 saturated carbocycles. The van der Waals surface area contributed by atoms with Gasteiger partial charge in [-0.1, -0.05) is 37.3 Å². The lowest BCUT2D eigenvalue weighted by Crippen LogP contribution is -2.30. The van der Waals surface area contributed by atoms with Crippen molar-refractivity contribution in [1.29, 1.82) is 0 Å². The van der Waals surface area contributed by atoms with E-state index in [0.29, 0.717) is 35.0 Å². The average molecular weight is 538 g/mol. The lowest BCUT2D eigenvalue weighted by molar-refractivity contribution is 0.0735. The highest BCUT2D eigenvalue weighted by atomic mass is 32.1. The van der Waals surface area contributed by atoms with E-state index in [9.17, 15) is 4.79 Å². The zero-order chi connectivity index (χ0) is 26.8. The minimum atomic E-state index is -0.0794. The van der Waals surface area contributed by atoms with E-state index in [0.717, 1.165) is 30.0 Å². The van der Waals surface area contributed by atoms with Crippen molar-refractivity contribution < 1.29 is 9.21 Å². The Balaban J connectivity index is 1.34. The van der Waals surface area contributed by atoms with Crippen LogP contribution >= 0.6 is 11.3 Å². The molecule has 5 aromatic rings. The van der Waals surface area contributed by atoms with Gasteiger partial charge in [0.25, 0.3) is 11.8 Å². The second kappa shape index (κ2) is 10.8. The molecule has 39 heavy (non-hydrogen) atoms. The van der Waals surface area contributed by atoms with Gasteiger partial charge in [-0.2, -0.15) is 0 Å². The van der Waals surface area contributed by atoms with E-state index in [1.807, 2.05) is 35.4 Å². The van der Waals surface area contributed by atoms with E-state index in [1.165, 1.54) is 11.9 Å². The van der Waals surface area contributed by atoms with Gasteiger partial charge in [0.2, 0.25) is 5.89 Å². The van der Waals surface area contributed by atoms with Crippen molar-refractivity contribution in [2.75, 3.05) is 6.54 Å². The Kier molecular flexibility index (Phi) is 6.93. The number of aryl methyl sites for hydroxylation is 1. The van der Waals surface area contributed by atoms with Crippen molar-refractivity contribution in [3.63, 3.8) is 0 Å². The quantitative estimate of drug-likeness (QED) is 0.261. The van der Waals surface area contributed by atoms with Gasteiger partial charge in [0, 0.05) is 47.1 Å². The summed E-state index contributed by atoms with van der Waals surface area (Å²) in [6.45, 7) is 4.70. The number of pyridine rings is 1. The summed E-state index contributed by atoms with van der Waals surface area (Å²) in [5.74, 6) is 0.735. The summed E-state index contributed by atoms with van der Waals surface area (Å²) in [5.41, 5.74) is 4.36. The van der Waals surface area contributed by atoms with Crippen molar-refractivity contribution in [2.45, 2.75) is 45.1 Å². The average Bonchev–Trinajstić information content (AvgIpc) is 3.74. The third-order valence-electron chi connectivity index (χ3n) is 6.83. The molecule has 5 heterocycles. The second-order valence-corrected chi connectivity index (χ2v) is 10.7. The minimum absolute atomic E-state index is 0.0209. The summed E-state index contributed by atoms with van der Waals surface area (Å²) in [7, 11) is 0. The number of likely N-dealkylation sites (tertiary alicyclic amines) is 1. The van der Waals surface area contributed by atoms with Crippen LogP contribution in [0.1, 0.15) is 64.2 Å². The lowest BCUT2D eigenvalue weighted by Gasteiger charge is -2.23. The third kappa shape index (κ3) is 5.33. The highest BCUT2D eigenvalue weighted by Crippen LogP contribution is 2.36. The summed E-state index contributed by atoms with van der Waals surface area (Å²) in [4.78, 5) is 33.5. The molecule has 4 aromatic heterocycles. The van der Waals surface area contributed by atoms with E-state index < -0.39 is 0 Å². The number of rotatable bonds is 7. The topological polar surface area (TPSA) is 111 Å². The number of hydrogen-bond donors (Lipinski definition) is 0. The van der Waals surface area contributed by atoms with Crippen LogP contribution in [0.25, 0.3) is 22.8 Å². The predicted octanol–water partition coefficient (Wildman–Crippen LogP) is 5.68. The molecular formula is C29H27N7O2S. The summed E-state index contributed by atoms with van der Waals surface area (Å²) in [6, 6.07) is 13.7. The fraction of sp³-hybridized carbons (Fsp3) is 0.276. The van der Waals surface area contributed by atoms with Crippen molar-refractivity contribution in [3.8, 4) is 22.8 Å². The first kappa shape index (κ1) is 25.0. The van der Waals surface area contributed by atoms with E-state index >= 15 is 0 Å². The van der Waals surface area contributed by atoms with Gasteiger partial charge in [0.15, 0.2) is 0 Å². The molecule has 9 nitrogen and oxygen atoms in total. The number of aromatic nitrogens is 6. The Morgan fingerprint density at radius 2 is 1.90 bits per heavy atom. The molecule has 1 aliphatic heterocycles. The Bertz CT molecular complexity index is 1590. The standard InChI is InChI=1S/C29H27N7O2S/c1-18(11-20-7-4-3-5-8-20)26-34-35-27(38-26)24-13-21(12-23(33-24)22-14-30-17-31-15-22)29(37)36-10-6-9-25(36)28-32-19(2)16-39-28/h3-5,7-8,12-18,25H,6,9-11H2,1-2H3. The van der Waals surface area contributed by atoms with Gasteiger partial charge >= 0.3 is 0 Å². The summed E-state index contributed by atoms with van der Waals surface area (Å²) < 4.78 is 6.10. The maximum atomic E-state index is 13.9. The molecule has 0 N–H and O–H groups in total. The maximum Gasteiger partial charge on any atom is 0.266 e. The van der Waals surface area contributed by atoms with Crippen molar-refractivity contribution >= 4 is 17.2 Å². The molecule has 6 rings (SSSR count). The van der Waals surface area contributed by atoms with E-state index in [2.05, 4.69) is 44.2 Å². The number of nitrogens with zero attached hydrogens (tertiary/aromatic N) is 7. The van der Waals surface area contributed by atoms with Gasteiger partial charge in [-0.3, -0.25) is 4.79 Å². The van der Waals surface area contributed by atoms with Gasteiger partial charge in [-0.25, -0.2) is 19.9 Å². The molecule has 2 unspecified atom stereocenters. The molecule has 1 aliphatic rings. The zero-order valence-electron chi connectivity index (χ0n) is 21.7. The number of amides is 1. The number of carbonyl (C=O) groups excluding carboxylic acids is 1. The Labute approximate surface area is 230 Å². The smallest absolute Gasteiger partial charge is 0.266 e. The Morgan fingerprint density at radius 1 is 1.10 bits per heavy atom. The maximum absolute atomic E-state index is 13.9. The number of hydrogen-bond acceptors (Lipinski definition) is 9. The third-order valence-corrected chi connectivity index (χ3v) is 7.89. The molecule has 0 radical (unpaired) electrons. The molecule has 1 saturated heterocycles. The highest BCUT2D eigenvalue weighted by Gasteiger charge is 2.33. The minimum Gasteiger partial charge on any atom is -0.419 e. The molecule has 1 aromatic carbocycles. The van der Waals surface area contributed by atoms with E-state index in [1.54, 1.807) is 35.9 Å². The molecule has 196 valence electrons. The van der Waals surface area contributed by atoms with Gasteiger partial charge in [0.05, 0.1) is 11.7 Å². The summed E-state index contributed by atoms with van der Waals surface area (Å²) >= 11 is 1.60. The van der Waals surface area contributed by atoms with Crippen LogP contribution in [0.4, 0.5) is 0 Å². The molecule has 1 fully saturated rings. The fourth-order valence-electron chi connectivity index (χ4n) is 4.89. The molecule has 0 spiro atoms. The Morgan fingerprint density at radius 3 is 2.67 bits per heavy atom. The lowest BCUT2D eigenvalue weighted by atomic mass is 10.0. The monoisotopic (exact) mass is 537 g/mol. The van der Waals surface area contributed by atoms with Crippen LogP contribution in [0, 0.1) is 6.92 Å². The molecule has 2 atom stereocenters.